The highest BCUT2D eigenvalue weighted by atomic mass is 32.2. The Morgan fingerprint density at radius 3 is 1.85 bits per heavy atom. The third-order valence-electron chi connectivity index (χ3n) is 5.52. The largest absolute Gasteiger partial charge is 0.467 e. The van der Waals surface area contributed by atoms with Gasteiger partial charge in [0.25, 0.3) is 0 Å². The van der Waals surface area contributed by atoms with Crippen LogP contribution in [-0.4, -0.2) is 48.0 Å². The summed E-state index contributed by atoms with van der Waals surface area (Å²) in [6.07, 6.45) is -3.92. The number of thioether (sulfide) groups is 1. The van der Waals surface area contributed by atoms with E-state index in [1.807, 2.05) is 91.0 Å². The van der Waals surface area contributed by atoms with Crippen molar-refractivity contribution >= 4 is 17.7 Å². The Hall–Kier alpha value is -2.68. The Morgan fingerprint density at radius 2 is 1.32 bits per heavy atom. The van der Waals surface area contributed by atoms with Crippen molar-refractivity contribution in [2.45, 2.75) is 48.0 Å². The zero-order valence-electron chi connectivity index (χ0n) is 18.9. The van der Waals surface area contributed by atoms with Gasteiger partial charge in [-0.2, -0.15) is 0 Å². The van der Waals surface area contributed by atoms with Crippen molar-refractivity contribution in [2.75, 3.05) is 7.11 Å². The standard InChI is InChI=1S/C27H28O6S/c1-30-26(29)24-22(28)23(31-17-19-11-5-2-6-12-19)25(32-18-20-13-7-3-8-14-20)27(33-24)34-21-15-9-4-10-16-21/h2-16,22-25,27-28H,17-18H2,1H3/t22-,23-,24-,25-,27-/m0/s1. The number of methoxy groups -OCH3 is 1. The Labute approximate surface area is 203 Å². The zero-order chi connectivity index (χ0) is 23.8. The molecule has 0 unspecified atom stereocenters. The van der Waals surface area contributed by atoms with Crippen molar-refractivity contribution in [3.8, 4) is 0 Å². The van der Waals surface area contributed by atoms with Crippen LogP contribution in [0.25, 0.3) is 0 Å². The molecule has 0 spiro atoms. The van der Waals surface area contributed by atoms with Crippen LogP contribution in [0.15, 0.2) is 95.9 Å². The highest BCUT2D eigenvalue weighted by Crippen LogP contribution is 2.37. The fourth-order valence-electron chi connectivity index (χ4n) is 3.76. The Kier molecular flexibility index (Phi) is 8.73. The van der Waals surface area contributed by atoms with Gasteiger partial charge in [0.15, 0.2) is 6.10 Å². The molecule has 3 aromatic rings. The predicted octanol–water partition coefficient (Wildman–Crippen LogP) is 4.21. The van der Waals surface area contributed by atoms with Crippen molar-refractivity contribution in [2.24, 2.45) is 0 Å². The minimum absolute atomic E-state index is 0.254. The van der Waals surface area contributed by atoms with Crippen LogP contribution >= 0.6 is 11.8 Å². The SMILES string of the molecule is COC(=O)[C@H]1O[C@@H](Sc2ccccc2)[C@@H](OCc2ccccc2)[C@@H](OCc2ccccc2)[C@@H]1O. The molecular formula is C27H28O6S. The van der Waals surface area contributed by atoms with Crippen molar-refractivity contribution in [1.29, 1.82) is 0 Å². The highest BCUT2D eigenvalue weighted by Gasteiger charge is 2.50. The van der Waals surface area contributed by atoms with Gasteiger partial charge in [0.2, 0.25) is 0 Å². The number of hydrogen-bond donors (Lipinski definition) is 1. The maximum atomic E-state index is 12.5. The summed E-state index contributed by atoms with van der Waals surface area (Å²) >= 11 is 1.42. The minimum atomic E-state index is -1.26. The lowest BCUT2D eigenvalue weighted by Gasteiger charge is -2.43. The molecule has 6 nitrogen and oxygen atoms in total. The molecule has 0 saturated carbocycles. The van der Waals surface area contributed by atoms with Crippen LogP contribution in [0, 0.1) is 0 Å². The van der Waals surface area contributed by atoms with Crippen LogP contribution in [0.1, 0.15) is 11.1 Å². The zero-order valence-corrected chi connectivity index (χ0v) is 19.7. The fourth-order valence-corrected chi connectivity index (χ4v) is 4.89. The van der Waals surface area contributed by atoms with Gasteiger partial charge in [0.1, 0.15) is 23.7 Å². The Balaban J connectivity index is 1.61. The second kappa shape index (κ2) is 12.1. The van der Waals surface area contributed by atoms with Gasteiger partial charge >= 0.3 is 5.97 Å². The molecule has 1 heterocycles. The molecule has 1 aliphatic heterocycles. The van der Waals surface area contributed by atoms with Crippen molar-refractivity contribution in [3.63, 3.8) is 0 Å². The first-order valence-electron chi connectivity index (χ1n) is 11.1. The first-order chi connectivity index (χ1) is 16.7. The van der Waals surface area contributed by atoms with E-state index in [0.29, 0.717) is 6.61 Å². The van der Waals surface area contributed by atoms with E-state index in [0.717, 1.165) is 16.0 Å². The summed E-state index contributed by atoms with van der Waals surface area (Å²) in [6.45, 7) is 0.561. The lowest BCUT2D eigenvalue weighted by molar-refractivity contribution is -0.236. The molecule has 1 fully saturated rings. The van der Waals surface area contributed by atoms with E-state index >= 15 is 0 Å². The van der Waals surface area contributed by atoms with Gasteiger partial charge in [-0.05, 0) is 23.3 Å². The summed E-state index contributed by atoms with van der Waals surface area (Å²) in [6, 6.07) is 29.1. The lowest BCUT2D eigenvalue weighted by Crippen LogP contribution is -2.60. The van der Waals surface area contributed by atoms with Crippen molar-refractivity contribution in [1.82, 2.24) is 0 Å². The summed E-state index contributed by atoms with van der Waals surface area (Å²) in [5, 5.41) is 11.1. The number of aliphatic hydroxyl groups excluding tert-OH is 1. The van der Waals surface area contributed by atoms with Crippen molar-refractivity contribution in [3.05, 3.63) is 102 Å². The lowest BCUT2D eigenvalue weighted by atomic mass is 9.99. The molecule has 4 rings (SSSR count). The summed E-state index contributed by atoms with van der Waals surface area (Å²) < 4.78 is 23.5. The maximum absolute atomic E-state index is 12.5. The summed E-state index contributed by atoms with van der Waals surface area (Å²) in [7, 11) is 1.27. The summed E-state index contributed by atoms with van der Waals surface area (Å²) in [4.78, 5) is 13.4. The topological polar surface area (TPSA) is 74.2 Å². The van der Waals surface area contributed by atoms with E-state index in [1.165, 1.54) is 18.9 Å². The van der Waals surface area contributed by atoms with Crippen LogP contribution in [0.3, 0.4) is 0 Å². The molecule has 1 saturated heterocycles. The summed E-state index contributed by atoms with van der Waals surface area (Å²) in [5.41, 5.74) is 1.32. The molecule has 34 heavy (non-hydrogen) atoms. The Morgan fingerprint density at radius 1 is 0.824 bits per heavy atom. The third kappa shape index (κ3) is 6.25. The molecule has 0 radical (unpaired) electrons. The van der Waals surface area contributed by atoms with Crippen LogP contribution in [0.2, 0.25) is 0 Å². The molecule has 3 aromatic carbocycles. The number of rotatable bonds is 9. The number of hydrogen-bond acceptors (Lipinski definition) is 7. The number of ether oxygens (including phenoxy) is 4. The van der Waals surface area contributed by atoms with Crippen LogP contribution in [0.4, 0.5) is 0 Å². The predicted molar refractivity (Wildman–Crippen MR) is 129 cm³/mol. The number of aliphatic hydroxyl groups is 1. The molecule has 0 bridgehead atoms. The first-order valence-corrected chi connectivity index (χ1v) is 12.0. The van der Waals surface area contributed by atoms with Crippen LogP contribution in [-0.2, 0) is 37.0 Å². The smallest absolute Gasteiger partial charge is 0.337 e. The van der Waals surface area contributed by atoms with E-state index in [9.17, 15) is 9.90 Å². The Bertz CT molecular complexity index is 1020. The van der Waals surface area contributed by atoms with Gasteiger partial charge in [-0.3, -0.25) is 0 Å². The van der Waals surface area contributed by atoms with E-state index in [1.54, 1.807) is 0 Å². The fraction of sp³-hybridized carbons (Fsp3) is 0.296. The average Bonchev–Trinajstić information content (AvgIpc) is 2.89. The highest BCUT2D eigenvalue weighted by molar-refractivity contribution is 7.99. The second-order valence-corrected chi connectivity index (χ2v) is 9.06. The molecule has 0 amide bonds. The molecule has 178 valence electrons. The molecule has 1 aliphatic rings. The summed E-state index contributed by atoms with van der Waals surface area (Å²) in [5.74, 6) is -0.652. The molecule has 5 atom stereocenters. The van der Waals surface area contributed by atoms with Crippen LogP contribution in [0.5, 0.6) is 0 Å². The van der Waals surface area contributed by atoms with E-state index in [2.05, 4.69) is 0 Å². The van der Waals surface area contributed by atoms with E-state index < -0.39 is 35.8 Å². The van der Waals surface area contributed by atoms with Gasteiger partial charge in [-0.25, -0.2) is 4.79 Å². The van der Waals surface area contributed by atoms with Gasteiger partial charge in [0.05, 0.1) is 20.3 Å². The third-order valence-corrected chi connectivity index (χ3v) is 6.68. The second-order valence-electron chi connectivity index (χ2n) is 7.89. The molecular weight excluding hydrogens is 452 g/mol. The minimum Gasteiger partial charge on any atom is -0.467 e. The van der Waals surface area contributed by atoms with E-state index in [-0.39, 0.29) is 6.61 Å². The normalized spacial score (nSPS) is 24.5. The monoisotopic (exact) mass is 480 g/mol. The quantitative estimate of drug-likeness (QED) is 0.460. The van der Waals surface area contributed by atoms with Crippen LogP contribution < -0.4 is 0 Å². The average molecular weight is 481 g/mol. The maximum Gasteiger partial charge on any atom is 0.337 e. The number of benzene rings is 3. The van der Waals surface area contributed by atoms with Gasteiger partial charge < -0.3 is 24.1 Å². The molecule has 7 heteroatoms. The molecule has 0 aromatic heterocycles. The number of carbonyl (C=O) groups excluding carboxylic acids is 1. The molecule has 0 aliphatic carbocycles. The van der Waals surface area contributed by atoms with Gasteiger partial charge in [-0.15, -0.1) is 0 Å². The van der Waals surface area contributed by atoms with E-state index in [4.69, 9.17) is 18.9 Å². The van der Waals surface area contributed by atoms with Gasteiger partial charge in [-0.1, -0.05) is 90.6 Å². The molecule has 1 N–H and O–H groups in total. The first kappa shape index (κ1) is 24.4. The number of esters is 1. The number of carbonyl (C=O) groups is 1. The van der Waals surface area contributed by atoms with Crippen molar-refractivity contribution < 1.29 is 28.8 Å². The van der Waals surface area contributed by atoms with Gasteiger partial charge in [0, 0.05) is 4.90 Å².